The molecule has 5 nitrogen and oxygen atoms in total. The number of anilines is 1. The second kappa shape index (κ2) is 7.23. The standard InChI is InChI=1S/C19H23N3O2S/c20-17(13-6-8-24-9-7-13)18(23)22-19-21-16(11-25-19)15-5-4-12-2-1-3-14(12)10-15/h4-5,10-11,13,17H,1-3,6-9,20H2,(H,21,22,23). The third-order valence-corrected chi connectivity index (χ3v) is 5.96. The molecule has 4 rings (SSSR count). The molecule has 25 heavy (non-hydrogen) atoms. The second-order valence-electron chi connectivity index (χ2n) is 6.84. The van der Waals surface area contributed by atoms with Crippen molar-refractivity contribution in [3.8, 4) is 11.3 Å². The molecule has 1 amide bonds. The third kappa shape index (κ3) is 3.61. The van der Waals surface area contributed by atoms with Crippen LogP contribution in [0.3, 0.4) is 0 Å². The molecule has 3 N–H and O–H groups in total. The SMILES string of the molecule is NC(C(=O)Nc1nc(-c2ccc3c(c2)CCC3)cs1)C1CCOCC1. The average molecular weight is 357 g/mol. The van der Waals surface area contributed by atoms with Crippen LogP contribution in [0.15, 0.2) is 23.6 Å². The van der Waals surface area contributed by atoms with Crippen LogP contribution in [-0.4, -0.2) is 30.1 Å². The van der Waals surface area contributed by atoms with E-state index in [1.165, 1.54) is 35.3 Å². The van der Waals surface area contributed by atoms with Gasteiger partial charge in [-0.2, -0.15) is 0 Å². The number of ether oxygens (including phenoxy) is 1. The Labute approximate surface area is 151 Å². The zero-order valence-electron chi connectivity index (χ0n) is 14.2. The number of carbonyl (C=O) groups is 1. The van der Waals surface area contributed by atoms with Crippen LogP contribution in [0.4, 0.5) is 5.13 Å². The fourth-order valence-electron chi connectivity index (χ4n) is 3.67. The largest absolute Gasteiger partial charge is 0.381 e. The summed E-state index contributed by atoms with van der Waals surface area (Å²) in [6, 6.07) is 6.06. The number of carbonyl (C=O) groups excluding carboxylic acids is 1. The highest BCUT2D eigenvalue weighted by atomic mass is 32.1. The van der Waals surface area contributed by atoms with Crippen molar-refractivity contribution >= 4 is 22.4 Å². The molecule has 0 bridgehead atoms. The highest BCUT2D eigenvalue weighted by Gasteiger charge is 2.27. The van der Waals surface area contributed by atoms with Gasteiger partial charge >= 0.3 is 0 Å². The Kier molecular flexibility index (Phi) is 4.83. The van der Waals surface area contributed by atoms with Gasteiger partial charge in [-0.1, -0.05) is 12.1 Å². The lowest BCUT2D eigenvalue weighted by molar-refractivity contribution is -0.119. The summed E-state index contributed by atoms with van der Waals surface area (Å²) in [6.07, 6.45) is 5.25. The van der Waals surface area contributed by atoms with Gasteiger partial charge in [-0.25, -0.2) is 4.98 Å². The first-order chi connectivity index (χ1) is 12.2. The van der Waals surface area contributed by atoms with Crippen LogP contribution in [0.25, 0.3) is 11.3 Å². The Morgan fingerprint density at radius 2 is 2.08 bits per heavy atom. The molecule has 0 saturated carbocycles. The molecule has 0 radical (unpaired) electrons. The molecule has 132 valence electrons. The molecular formula is C19H23N3O2S. The van der Waals surface area contributed by atoms with Crippen LogP contribution in [0, 0.1) is 5.92 Å². The fraction of sp³-hybridized carbons (Fsp3) is 0.474. The van der Waals surface area contributed by atoms with E-state index in [1.54, 1.807) is 0 Å². The Hall–Kier alpha value is -1.76. The average Bonchev–Trinajstić information content (AvgIpc) is 3.30. The maximum Gasteiger partial charge on any atom is 0.243 e. The van der Waals surface area contributed by atoms with Crippen LogP contribution in [0.1, 0.15) is 30.4 Å². The molecule has 1 aliphatic heterocycles. The summed E-state index contributed by atoms with van der Waals surface area (Å²) in [5.41, 5.74) is 11.0. The summed E-state index contributed by atoms with van der Waals surface area (Å²) >= 11 is 1.45. The number of nitrogens with zero attached hydrogens (tertiary/aromatic N) is 1. The van der Waals surface area contributed by atoms with E-state index in [9.17, 15) is 4.79 Å². The van der Waals surface area contributed by atoms with Crippen molar-refractivity contribution in [2.45, 2.75) is 38.1 Å². The molecule has 0 spiro atoms. The Morgan fingerprint density at radius 1 is 1.28 bits per heavy atom. The summed E-state index contributed by atoms with van der Waals surface area (Å²) in [6.45, 7) is 1.37. The first-order valence-electron chi connectivity index (χ1n) is 8.92. The van der Waals surface area contributed by atoms with Gasteiger partial charge in [0.2, 0.25) is 5.91 Å². The molecule has 1 fully saturated rings. The Morgan fingerprint density at radius 3 is 2.92 bits per heavy atom. The molecule has 1 atom stereocenters. The normalized spacial score (nSPS) is 18.8. The van der Waals surface area contributed by atoms with E-state index in [2.05, 4.69) is 28.5 Å². The van der Waals surface area contributed by atoms with Gasteiger partial charge in [0.05, 0.1) is 11.7 Å². The van der Waals surface area contributed by atoms with Crippen LogP contribution < -0.4 is 11.1 Å². The number of rotatable bonds is 4. The smallest absolute Gasteiger partial charge is 0.243 e. The summed E-state index contributed by atoms with van der Waals surface area (Å²) in [5.74, 6) is 0.0339. The van der Waals surface area contributed by atoms with Crippen molar-refractivity contribution in [2.75, 3.05) is 18.5 Å². The number of benzene rings is 1. The highest BCUT2D eigenvalue weighted by Crippen LogP contribution is 2.30. The maximum atomic E-state index is 12.4. The molecule has 2 heterocycles. The van der Waals surface area contributed by atoms with Gasteiger partial charge in [0.1, 0.15) is 0 Å². The molecule has 1 aromatic carbocycles. The summed E-state index contributed by atoms with van der Waals surface area (Å²) in [7, 11) is 0. The van der Waals surface area contributed by atoms with Crippen molar-refractivity contribution in [1.82, 2.24) is 4.98 Å². The number of hydrogen-bond donors (Lipinski definition) is 2. The van der Waals surface area contributed by atoms with Gasteiger partial charge in [0.15, 0.2) is 5.13 Å². The van der Waals surface area contributed by atoms with Crippen molar-refractivity contribution in [1.29, 1.82) is 0 Å². The van der Waals surface area contributed by atoms with Crippen molar-refractivity contribution < 1.29 is 9.53 Å². The van der Waals surface area contributed by atoms with Gasteiger partial charge in [0.25, 0.3) is 0 Å². The van der Waals surface area contributed by atoms with Crippen LogP contribution in [-0.2, 0) is 22.4 Å². The number of nitrogens with one attached hydrogen (secondary N) is 1. The molecule has 1 unspecified atom stereocenters. The number of fused-ring (bicyclic) bond motifs is 1. The first kappa shape index (κ1) is 16.7. The lowest BCUT2D eigenvalue weighted by Crippen LogP contribution is -2.43. The second-order valence-corrected chi connectivity index (χ2v) is 7.70. The Balaban J connectivity index is 1.43. The highest BCUT2D eigenvalue weighted by molar-refractivity contribution is 7.14. The number of aryl methyl sites for hydroxylation is 2. The van der Waals surface area contributed by atoms with E-state index >= 15 is 0 Å². The van der Waals surface area contributed by atoms with Gasteiger partial charge < -0.3 is 15.8 Å². The predicted molar refractivity (Wildman–Crippen MR) is 99.7 cm³/mol. The molecule has 1 aromatic heterocycles. The monoisotopic (exact) mass is 357 g/mol. The van der Waals surface area contributed by atoms with E-state index in [1.807, 2.05) is 5.38 Å². The predicted octanol–water partition coefficient (Wildman–Crippen LogP) is 2.99. The van der Waals surface area contributed by atoms with Crippen LogP contribution in [0.5, 0.6) is 0 Å². The minimum Gasteiger partial charge on any atom is -0.381 e. The van der Waals surface area contributed by atoms with E-state index in [0.717, 1.165) is 30.5 Å². The van der Waals surface area contributed by atoms with E-state index in [4.69, 9.17) is 10.5 Å². The quantitative estimate of drug-likeness (QED) is 0.882. The number of amides is 1. The summed E-state index contributed by atoms with van der Waals surface area (Å²) in [4.78, 5) is 17.0. The molecule has 2 aromatic rings. The zero-order chi connectivity index (χ0) is 17.2. The van der Waals surface area contributed by atoms with Gasteiger partial charge in [0, 0.05) is 24.2 Å². The lowest BCUT2D eigenvalue weighted by atomic mass is 9.92. The minimum absolute atomic E-state index is 0.151. The lowest BCUT2D eigenvalue weighted by Gasteiger charge is -2.26. The molecule has 1 aliphatic carbocycles. The van der Waals surface area contributed by atoms with Gasteiger partial charge in [-0.3, -0.25) is 4.79 Å². The first-order valence-corrected chi connectivity index (χ1v) is 9.80. The number of nitrogens with two attached hydrogens (primary N) is 1. The van der Waals surface area contributed by atoms with E-state index in [0.29, 0.717) is 18.3 Å². The van der Waals surface area contributed by atoms with Crippen molar-refractivity contribution in [3.05, 3.63) is 34.7 Å². The number of thiazole rings is 1. The third-order valence-electron chi connectivity index (χ3n) is 5.21. The van der Waals surface area contributed by atoms with Crippen LogP contribution in [0.2, 0.25) is 0 Å². The fourth-order valence-corrected chi connectivity index (χ4v) is 4.40. The van der Waals surface area contributed by atoms with E-state index < -0.39 is 6.04 Å². The van der Waals surface area contributed by atoms with Crippen molar-refractivity contribution in [2.24, 2.45) is 11.7 Å². The molecule has 1 saturated heterocycles. The van der Waals surface area contributed by atoms with Crippen molar-refractivity contribution in [3.63, 3.8) is 0 Å². The number of aromatic nitrogens is 1. The topological polar surface area (TPSA) is 77.2 Å². The van der Waals surface area contributed by atoms with Crippen LogP contribution >= 0.6 is 11.3 Å². The summed E-state index contributed by atoms with van der Waals surface area (Å²) in [5, 5.41) is 5.49. The molecule has 2 aliphatic rings. The molecular weight excluding hydrogens is 334 g/mol. The maximum absolute atomic E-state index is 12.4. The zero-order valence-corrected chi connectivity index (χ0v) is 15.0. The van der Waals surface area contributed by atoms with E-state index in [-0.39, 0.29) is 11.8 Å². The Bertz CT molecular complexity index is 768. The van der Waals surface area contributed by atoms with Gasteiger partial charge in [-0.15, -0.1) is 11.3 Å². The minimum atomic E-state index is -0.503. The molecule has 6 heteroatoms. The number of hydrogen-bond acceptors (Lipinski definition) is 5. The van der Waals surface area contributed by atoms with Gasteiger partial charge in [-0.05, 0) is 55.2 Å². The summed E-state index contributed by atoms with van der Waals surface area (Å²) < 4.78 is 5.33.